The minimum atomic E-state index is -0.0831. The van der Waals surface area contributed by atoms with Gasteiger partial charge in [-0.25, -0.2) is 4.98 Å². The maximum Gasteiger partial charge on any atom is 0.262 e. The van der Waals surface area contributed by atoms with Crippen LogP contribution in [-0.4, -0.2) is 26.4 Å². The van der Waals surface area contributed by atoms with E-state index in [1.807, 2.05) is 31.2 Å². The minimum Gasteiger partial charge on any atom is -0.396 e. The molecule has 2 heterocycles. The number of hydrogen-bond donors (Lipinski definition) is 1. The van der Waals surface area contributed by atoms with Crippen molar-refractivity contribution in [1.29, 1.82) is 0 Å². The van der Waals surface area contributed by atoms with Gasteiger partial charge in [0.1, 0.15) is 5.76 Å². The average molecular weight is 331 g/mol. The number of fused-ring (bicyclic) bond motifs is 1. The maximum atomic E-state index is 12.7. The lowest BCUT2D eigenvalue weighted by Gasteiger charge is -2.12. The van der Waals surface area contributed by atoms with Crippen molar-refractivity contribution in [2.75, 3.05) is 6.61 Å². The minimum absolute atomic E-state index is 0.0324. The molecule has 6 nitrogen and oxygen atoms in total. The van der Waals surface area contributed by atoms with Gasteiger partial charge in [-0.15, -0.1) is 0 Å². The number of benzene rings is 1. The Morgan fingerprint density at radius 3 is 2.91 bits per heavy atom. The molecule has 0 aliphatic heterocycles. The fraction of sp³-hybridized carbons (Fsp3) is 0.312. The lowest BCUT2D eigenvalue weighted by Crippen LogP contribution is -2.24. The third-order valence-electron chi connectivity index (χ3n) is 3.39. The average Bonchev–Trinajstić information content (AvgIpc) is 2.98. The van der Waals surface area contributed by atoms with Crippen LogP contribution in [0, 0.1) is 6.92 Å². The number of aryl methyl sites for hydroxylation is 1. The molecule has 0 saturated heterocycles. The maximum absolute atomic E-state index is 12.7. The molecule has 0 spiro atoms. The quantitative estimate of drug-likeness (QED) is 0.552. The van der Waals surface area contributed by atoms with Gasteiger partial charge in [-0.3, -0.25) is 9.36 Å². The zero-order valence-corrected chi connectivity index (χ0v) is 13.5. The topological polar surface area (TPSA) is 81.2 Å². The number of aromatic nitrogens is 3. The molecule has 3 rings (SSSR count). The first-order valence-electron chi connectivity index (χ1n) is 7.34. The highest BCUT2D eigenvalue weighted by atomic mass is 32.2. The SMILES string of the molecule is Cc1cc(CSc2nc3ccccc3c(=O)n2CCCO)on1. The molecule has 1 N–H and O–H groups in total. The summed E-state index contributed by atoms with van der Waals surface area (Å²) >= 11 is 1.43. The monoisotopic (exact) mass is 331 g/mol. The number of thioether (sulfide) groups is 1. The van der Waals surface area contributed by atoms with Gasteiger partial charge in [0.05, 0.1) is 22.3 Å². The number of para-hydroxylation sites is 1. The summed E-state index contributed by atoms with van der Waals surface area (Å²) < 4.78 is 6.82. The second-order valence-corrected chi connectivity index (χ2v) is 6.11. The summed E-state index contributed by atoms with van der Waals surface area (Å²) in [5.41, 5.74) is 1.42. The van der Waals surface area contributed by atoms with E-state index in [1.54, 1.807) is 10.6 Å². The van der Waals surface area contributed by atoms with Crippen LogP contribution in [0.4, 0.5) is 0 Å². The molecule has 0 aliphatic rings. The summed E-state index contributed by atoms with van der Waals surface area (Å²) in [5.74, 6) is 1.29. The zero-order valence-electron chi connectivity index (χ0n) is 12.7. The standard InChI is InChI=1S/C16H17N3O3S/c1-11-9-12(22-18-11)10-23-16-17-14-6-3-2-5-13(14)15(21)19(16)7-4-8-20/h2-3,5-6,9,20H,4,7-8,10H2,1H3. The molecular weight excluding hydrogens is 314 g/mol. The lowest BCUT2D eigenvalue weighted by molar-refractivity contribution is 0.276. The van der Waals surface area contributed by atoms with E-state index in [9.17, 15) is 4.79 Å². The van der Waals surface area contributed by atoms with E-state index in [-0.39, 0.29) is 12.2 Å². The van der Waals surface area contributed by atoms with Gasteiger partial charge in [-0.2, -0.15) is 0 Å². The molecule has 3 aromatic rings. The Bertz CT molecular complexity index is 872. The largest absolute Gasteiger partial charge is 0.396 e. The van der Waals surface area contributed by atoms with Crippen LogP contribution in [-0.2, 0) is 12.3 Å². The molecule has 1 aromatic carbocycles. The van der Waals surface area contributed by atoms with Crippen molar-refractivity contribution in [3.63, 3.8) is 0 Å². The second-order valence-electron chi connectivity index (χ2n) is 5.17. The van der Waals surface area contributed by atoms with Gasteiger partial charge in [-0.05, 0) is 25.5 Å². The number of nitrogens with zero attached hydrogens (tertiary/aromatic N) is 3. The Kier molecular flexibility index (Phi) is 4.78. The first-order chi connectivity index (χ1) is 11.2. The predicted octanol–water partition coefficient (Wildman–Crippen LogP) is 2.37. The Balaban J connectivity index is 1.97. The molecule has 0 atom stereocenters. The molecule has 7 heteroatoms. The highest BCUT2D eigenvalue weighted by Gasteiger charge is 2.12. The van der Waals surface area contributed by atoms with Gasteiger partial charge in [0, 0.05) is 19.2 Å². The van der Waals surface area contributed by atoms with Gasteiger partial charge >= 0.3 is 0 Å². The van der Waals surface area contributed by atoms with Crippen LogP contribution < -0.4 is 5.56 Å². The lowest BCUT2D eigenvalue weighted by atomic mass is 10.2. The Morgan fingerprint density at radius 2 is 2.17 bits per heavy atom. The normalized spacial score (nSPS) is 11.2. The van der Waals surface area contributed by atoms with Gasteiger partial charge in [0.25, 0.3) is 5.56 Å². The van der Waals surface area contributed by atoms with Crippen molar-refractivity contribution >= 4 is 22.7 Å². The summed E-state index contributed by atoms with van der Waals surface area (Å²) in [4.78, 5) is 17.3. The molecule has 0 saturated carbocycles. The molecule has 120 valence electrons. The fourth-order valence-electron chi connectivity index (χ4n) is 2.30. The Hall–Kier alpha value is -2.12. The van der Waals surface area contributed by atoms with Crippen LogP contribution in [0.5, 0.6) is 0 Å². The summed E-state index contributed by atoms with van der Waals surface area (Å²) in [6, 6.07) is 9.15. The summed E-state index contributed by atoms with van der Waals surface area (Å²) in [6.07, 6.45) is 0.509. The third-order valence-corrected chi connectivity index (χ3v) is 4.39. The van der Waals surface area contributed by atoms with Crippen LogP contribution in [0.25, 0.3) is 10.9 Å². The number of rotatable bonds is 6. The zero-order chi connectivity index (χ0) is 16.2. The van der Waals surface area contributed by atoms with Crippen LogP contribution >= 0.6 is 11.8 Å². The van der Waals surface area contributed by atoms with Crippen molar-refractivity contribution in [2.45, 2.75) is 30.8 Å². The van der Waals surface area contributed by atoms with E-state index in [0.717, 1.165) is 11.5 Å². The molecule has 2 aromatic heterocycles. The van der Waals surface area contributed by atoms with E-state index in [4.69, 9.17) is 9.63 Å². The van der Waals surface area contributed by atoms with Gasteiger partial charge in [0.15, 0.2) is 5.16 Å². The number of aliphatic hydroxyl groups is 1. The third kappa shape index (κ3) is 3.46. The Labute approximate surface area is 137 Å². The van der Waals surface area contributed by atoms with E-state index in [2.05, 4.69) is 10.1 Å². The van der Waals surface area contributed by atoms with Gasteiger partial charge in [-0.1, -0.05) is 29.1 Å². The molecule has 0 bridgehead atoms. The van der Waals surface area contributed by atoms with Gasteiger partial charge in [0.2, 0.25) is 0 Å². The second kappa shape index (κ2) is 6.97. The summed E-state index contributed by atoms with van der Waals surface area (Å²) in [6.45, 7) is 2.33. The highest BCUT2D eigenvalue weighted by molar-refractivity contribution is 7.98. The predicted molar refractivity (Wildman–Crippen MR) is 88.5 cm³/mol. The molecule has 23 heavy (non-hydrogen) atoms. The van der Waals surface area contributed by atoms with E-state index >= 15 is 0 Å². The van der Waals surface area contributed by atoms with Crippen molar-refractivity contribution in [3.8, 4) is 0 Å². The van der Waals surface area contributed by atoms with Crippen LogP contribution in [0.1, 0.15) is 17.9 Å². The molecule has 0 aliphatic carbocycles. The fourth-order valence-corrected chi connectivity index (χ4v) is 3.20. The highest BCUT2D eigenvalue weighted by Crippen LogP contribution is 2.22. The molecule has 0 amide bonds. The van der Waals surface area contributed by atoms with Crippen molar-refractivity contribution in [3.05, 3.63) is 52.1 Å². The number of hydrogen-bond acceptors (Lipinski definition) is 6. The van der Waals surface area contributed by atoms with Crippen molar-refractivity contribution in [2.24, 2.45) is 0 Å². The molecule has 0 unspecified atom stereocenters. The van der Waals surface area contributed by atoms with Crippen LogP contribution in [0.2, 0.25) is 0 Å². The smallest absolute Gasteiger partial charge is 0.262 e. The summed E-state index contributed by atoms with van der Waals surface area (Å²) in [5, 5.41) is 14.1. The van der Waals surface area contributed by atoms with Crippen LogP contribution in [0.3, 0.4) is 0 Å². The molecular formula is C16H17N3O3S. The number of aliphatic hydroxyl groups excluding tert-OH is 1. The van der Waals surface area contributed by atoms with Crippen molar-refractivity contribution in [1.82, 2.24) is 14.7 Å². The van der Waals surface area contributed by atoms with Crippen LogP contribution in [0.15, 0.2) is 44.8 Å². The molecule has 0 fully saturated rings. The molecule has 0 radical (unpaired) electrons. The van der Waals surface area contributed by atoms with E-state index in [0.29, 0.717) is 34.8 Å². The Morgan fingerprint density at radius 1 is 1.35 bits per heavy atom. The van der Waals surface area contributed by atoms with E-state index < -0.39 is 0 Å². The van der Waals surface area contributed by atoms with E-state index in [1.165, 1.54) is 11.8 Å². The first-order valence-corrected chi connectivity index (χ1v) is 8.33. The summed E-state index contributed by atoms with van der Waals surface area (Å²) in [7, 11) is 0. The van der Waals surface area contributed by atoms with Crippen molar-refractivity contribution < 1.29 is 9.63 Å². The van der Waals surface area contributed by atoms with Gasteiger partial charge < -0.3 is 9.63 Å². The first kappa shape index (κ1) is 15.8.